The van der Waals surface area contributed by atoms with E-state index < -0.39 is 0 Å². The normalized spacial score (nSPS) is 13.1. The molecule has 0 aromatic carbocycles. The largest absolute Gasteiger partial charge is 0.382 e. The van der Waals surface area contributed by atoms with Crippen LogP contribution >= 0.6 is 12.2 Å². The molecule has 6 heteroatoms. The number of aryl methyl sites for hydroxylation is 1. The number of aromatic nitrogens is 3. The van der Waals surface area contributed by atoms with Crippen molar-refractivity contribution in [3.63, 3.8) is 0 Å². The highest BCUT2D eigenvalue weighted by Gasteiger charge is 2.13. The van der Waals surface area contributed by atoms with E-state index in [9.17, 15) is 0 Å². The molecule has 0 amide bonds. The number of hydrogen-bond donors (Lipinski definition) is 1. The summed E-state index contributed by atoms with van der Waals surface area (Å²) in [5.41, 5.74) is 2.97. The molecule has 1 unspecified atom stereocenters. The molecule has 2 heterocycles. The van der Waals surface area contributed by atoms with Gasteiger partial charge in [0.2, 0.25) is 0 Å². The molecule has 98 valence electrons. The molecule has 18 heavy (non-hydrogen) atoms. The minimum Gasteiger partial charge on any atom is -0.382 e. The first-order valence-corrected chi connectivity index (χ1v) is 6.14. The Hall–Kier alpha value is -1.24. The van der Waals surface area contributed by atoms with E-state index >= 15 is 0 Å². The van der Waals surface area contributed by atoms with E-state index in [4.69, 9.17) is 21.7 Å². The Balaban J connectivity index is 2.41. The Morgan fingerprint density at radius 2 is 2.28 bits per heavy atom. The SMILES string of the molecule is COCC(Cn1c(=S)[nH]c2c(C)ccnc21)OC. The fourth-order valence-electron chi connectivity index (χ4n) is 1.93. The third kappa shape index (κ3) is 2.45. The Morgan fingerprint density at radius 3 is 2.94 bits per heavy atom. The maximum absolute atomic E-state index is 5.36. The van der Waals surface area contributed by atoms with E-state index in [1.165, 1.54) is 0 Å². The smallest absolute Gasteiger partial charge is 0.179 e. The number of methoxy groups -OCH3 is 2. The molecule has 1 N–H and O–H groups in total. The summed E-state index contributed by atoms with van der Waals surface area (Å²) in [5.74, 6) is 0. The molecular weight excluding hydrogens is 250 g/mol. The maximum Gasteiger partial charge on any atom is 0.179 e. The van der Waals surface area contributed by atoms with Gasteiger partial charge in [0.05, 0.1) is 24.8 Å². The minimum absolute atomic E-state index is 0.0389. The van der Waals surface area contributed by atoms with Gasteiger partial charge in [-0.25, -0.2) is 4.98 Å². The van der Waals surface area contributed by atoms with Gasteiger partial charge in [-0.2, -0.15) is 0 Å². The lowest BCUT2D eigenvalue weighted by molar-refractivity contribution is 0.0187. The van der Waals surface area contributed by atoms with Crippen LogP contribution in [0.3, 0.4) is 0 Å². The first-order valence-electron chi connectivity index (χ1n) is 5.73. The first-order chi connectivity index (χ1) is 8.67. The molecule has 0 spiro atoms. The Morgan fingerprint density at radius 1 is 1.50 bits per heavy atom. The predicted molar refractivity (Wildman–Crippen MR) is 72.3 cm³/mol. The van der Waals surface area contributed by atoms with E-state index in [1.54, 1.807) is 20.4 Å². The third-order valence-electron chi connectivity index (χ3n) is 2.94. The molecule has 0 fully saturated rings. The van der Waals surface area contributed by atoms with Crippen molar-refractivity contribution in [2.75, 3.05) is 20.8 Å². The molecule has 1 atom stereocenters. The van der Waals surface area contributed by atoms with Crippen LogP contribution in [0.2, 0.25) is 0 Å². The van der Waals surface area contributed by atoms with Crippen LogP contribution in [0, 0.1) is 11.7 Å². The Bertz CT molecular complexity index is 591. The van der Waals surface area contributed by atoms with Gasteiger partial charge in [-0.1, -0.05) is 0 Å². The Labute approximate surface area is 111 Å². The second kappa shape index (κ2) is 5.60. The van der Waals surface area contributed by atoms with Gasteiger partial charge in [0.15, 0.2) is 10.4 Å². The second-order valence-corrected chi connectivity index (χ2v) is 4.57. The zero-order valence-corrected chi connectivity index (χ0v) is 11.6. The number of hydrogen-bond acceptors (Lipinski definition) is 4. The van der Waals surface area contributed by atoms with Crippen molar-refractivity contribution >= 4 is 23.4 Å². The summed E-state index contributed by atoms with van der Waals surface area (Å²) < 4.78 is 13.1. The first kappa shape index (κ1) is 13.2. The molecule has 5 nitrogen and oxygen atoms in total. The van der Waals surface area contributed by atoms with Gasteiger partial charge in [-0.05, 0) is 30.8 Å². The van der Waals surface area contributed by atoms with Gasteiger partial charge in [-0.15, -0.1) is 0 Å². The molecule has 2 aromatic rings. The van der Waals surface area contributed by atoms with Gasteiger partial charge in [0, 0.05) is 20.4 Å². The highest BCUT2D eigenvalue weighted by Crippen LogP contribution is 2.16. The van der Waals surface area contributed by atoms with Crippen molar-refractivity contribution in [1.29, 1.82) is 0 Å². The minimum atomic E-state index is -0.0389. The van der Waals surface area contributed by atoms with E-state index in [2.05, 4.69) is 9.97 Å². The standard InChI is InChI=1S/C12H17N3O2S/c1-8-4-5-13-11-10(8)14-12(18)15(11)6-9(17-3)7-16-2/h4-5,9H,6-7H2,1-3H3,(H,14,18). The van der Waals surface area contributed by atoms with Crippen LogP contribution in [-0.4, -0.2) is 41.5 Å². The summed E-state index contributed by atoms with van der Waals surface area (Å²) in [5, 5.41) is 0. The van der Waals surface area contributed by atoms with Crippen molar-refractivity contribution in [2.45, 2.75) is 19.6 Å². The van der Waals surface area contributed by atoms with Crippen LogP contribution < -0.4 is 0 Å². The van der Waals surface area contributed by atoms with E-state index in [-0.39, 0.29) is 6.10 Å². The number of imidazole rings is 1. The fraction of sp³-hybridized carbons (Fsp3) is 0.500. The number of nitrogens with zero attached hydrogens (tertiary/aromatic N) is 2. The van der Waals surface area contributed by atoms with Gasteiger partial charge >= 0.3 is 0 Å². The third-order valence-corrected chi connectivity index (χ3v) is 3.27. The highest BCUT2D eigenvalue weighted by atomic mass is 32.1. The molecule has 0 radical (unpaired) electrons. The lowest BCUT2D eigenvalue weighted by atomic mass is 10.3. The molecule has 0 bridgehead atoms. The molecule has 0 aliphatic rings. The van der Waals surface area contributed by atoms with Crippen LogP contribution in [0.15, 0.2) is 12.3 Å². The van der Waals surface area contributed by atoms with Crippen LogP contribution in [0.4, 0.5) is 0 Å². The summed E-state index contributed by atoms with van der Waals surface area (Å²) in [6.07, 6.45) is 1.75. The van der Waals surface area contributed by atoms with E-state index in [0.29, 0.717) is 17.9 Å². The number of ether oxygens (including phenoxy) is 2. The number of pyridine rings is 1. The number of rotatable bonds is 5. The van der Waals surface area contributed by atoms with Crippen LogP contribution in [0.5, 0.6) is 0 Å². The maximum atomic E-state index is 5.36. The molecule has 0 aliphatic heterocycles. The van der Waals surface area contributed by atoms with Gasteiger partial charge in [-0.3, -0.25) is 4.57 Å². The second-order valence-electron chi connectivity index (χ2n) is 4.18. The summed E-state index contributed by atoms with van der Waals surface area (Å²) in [6.45, 7) is 3.18. The summed E-state index contributed by atoms with van der Waals surface area (Å²) in [4.78, 5) is 7.56. The Kier molecular flexibility index (Phi) is 4.11. The zero-order valence-electron chi connectivity index (χ0n) is 10.8. The molecular formula is C12H17N3O2S. The van der Waals surface area contributed by atoms with E-state index in [1.807, 2.05) is 17.6 Å². The van der Waals surface area contributed by atoms with Crippen LogP contribution in [0.25, 0.3) is 11.2 Å². The zero-order chi connectivity index (χ0) is 13.1. The summed E-state index contributed by atoms with van der Waals surface area (Å²) in [7, 11) is 3.32. The molecule has 2 aromatic heterocycles. The number of aromatic amines is 1. The topological polar surface area (TPSA) is 52.1 Å². The van der Waals surface area contributed by atoms with Gasteiger partial charge in [0.25, 0.3) is 0 Å². The van der Waals surface area contributed by atoms with E-state index in [0.717, 1.165) is 16.7 Å². The van der Waals surface area contributed by atoms with Gasteiger partial charge < -0.3 is 14.5 Å². The van der Waals surface area contributed by atoms with Crippen molar-refractivity contribution in [1.82, 2.24) is 14.5 Å². The molecule has 0 saturated heterocycles. The number of H-pyrrole nitrogens is 1. The van der Waals surface area contributed by atoms with Crippen molar-refractivity contribution in [2.24, 2.45) is 0 Å². The fourth-order valence-corrected chi connectivity index (χ4v) is 2.19. The van der Waals surface area contributed by atoms with Crippen LogP contribution in [-0.2, 0) is 16.0 Å². The predicted octanol–water partition coefficient (Wildman–Crippen LogP) is 2.06. The molecule has 0 saturated carbocycles. The van der Waals surface area contributed by atoms with Crippen molar-refractivity contribution < 1.29 is 9.47 Å². The van der Waals surface area contributed by atoms with Crippen LogP contribution in [0.1, 0.15) is 5.56 Å². The lowest BCUT2D eigenvalue weighted by Gasteiger charge is -2.15. The quantitative estimate of drug-likeness (QED) is 0.843. The average Bonchev–Trinajstić information content (AvgIpc) is 2.67. The number of nitrogens with one attached hydrogen (secondary N) is 1. The van der Waals surface area contributed by atoms with Crippen molar-refractivity contribution in [3.05, 3.63) is 22.6 Å². The lowest BCUT2D eigenvalue weighted by Crippen LogP contribution is -2.24. The van der Waals surface area contributed by atoms with Crippen molar-refractivity contribution in [3.8, 4) is 0 Å². The monoisotopic (exact) mass is 267 g/mol. The number of fused-ring (bicyclic) bond motifs is 1. The summed E-state index contributed by atoms with van der Waals surface area (Å²) in [6, 6.07) is 1.96. The summed E-state index contributed by atoms with van der Waals surface area (Å²) >= 11 is 5.33. The highest BCUT2D eigenvalue weighted by molar-refractivity contribution is 7.71. The molecule has 0 aliphatic carbocycles. The average molecular weight is 267 g/mol. The van der Waals surface area contributed by atoms with Gasteiger partial charge in [0.1, 0.15) is 0 Å². The molecule has 2 rings (SSSR count).